The van der Waals surface area contributed by atoms with Crippen LogP contribution >= 0.6 is 12.4 Å². The second-order valence-corrected chi connectivity index (χ2v) is 10.2. The van der Waals surface area contributed by atoms with Crippen LogP contribution in [0.2, 0.25) is 0 Å². The summed E-state index contributed by atoms with van der Waals surface area (Å²) in [7, 11) is -1.29. The number of hydrogen-bond donors (Lipinski definition) is 0. The van der Waals surface area contributed by atoms with Crippen LogP contribution < -0.4 is 4.90 Å². The molecule has 0 aliphatic carbocycles. The van der Waals surface area contributed by atoms with E-state index in [9.17, 15) is 8.42 Å². The van der Waals surface area contributed by atoms with Gasteiger partial charge in [0.1, 0.15) is 5.82 Å². The number of halogens is 1. The van der Waals surface area contributed by atoms with Crippen molar-refractivity contribution in [2.24, 2.45) is 7.05 Å². The Balaban J connectivity index is 0.00000289. The Morgan fingerprint density at radius 2 is 1.91 bits per heavy atom. The molecule has 3 aromatic rings. The minimum Gasteiger partial charge on any atom is -0.352 e. The Morgan fingerprint density at radius 3 is 2.50 bits per heavy atom. The zero-order valence-electron chi connectivity index (χ0n) is 18.8. The summed E-state index contributed by atoms with van der Waals surface area (Å²) < 4.78 is 25.9. The second-order valence-electron chi connectivity index (χ2n) is 8.17. The molecule has 1 aromatic carbocycles. The van der Waals surface area contributed by atoms with Crippen LogP contribution in [0.3, 0.4) is 0 Å². The van der Waals surface area contributed by atoms with Crippen LogP contribution in [0.5, 0.6) is 0 Å². The van der Waals surface area contributed by atoms with Gasteiger partial charge in [0.15, 0.2) is 9.84 Å². The van der Waals surface area contributed by atoms with Crippen LogP contribution in [0.4, 0.5) is 5.82 Å². The molecule has 1 unspecified atom stereocenters. The third-order valence-electron chi connectivity index (χ3n) is 6.10. The molecule has 32 heavy (non-hydrogen) atoms. The van der Waals surface area contributed by atoms with Gasteiger partial charge in [-0.1, -0.05) is 6.07 Å². The van der Waals surface area contributed by atoms with E-state index in [1.165, 1.54) is 11.8 Å². The number of benzene rings is 1. The van der Waals surface area contributed by atoms with Crippen LogP contribution in [0.15, 0.2) is 47.9 Å². The molecule has 3 heterocycles. The van der Waals surface area contributed by atoms with E-state index >= 15 is 0 Å². The smallest absolute Gasteiger partial charge is 0.175 e. The molecule has 0 radical (unpaired) electrons. The fourth-order valence-corrected chi connectivity index (χ4v) is 4.84. The average molecular weight is 477 g/mol. The summed E-state index contributed by atoms with van der Waals surface area (Å²) in [5.74, 6) is 0.857. The van der Waals surface area contributed by atoms with Gasteiger partial charge in [-0.3, -0.25) is 14.6 Å². The van der Waals surface area contributed by atoms with Gasteiger partial charge in [-0.05, 0) is 37.1 Å². The Morgan fingerprint density at radius 1 is 1.12 bits per heavy atom. The lowest BCUT2D eigenvalue weighted by atomic mass is 9.97. The van der Waals surface area contributed by atoms with Crippen molar-refractivity contribution in [1.29, 1.82) is 0 Å². The number of sulfone groups is 1. The molecular formula is C22H29ClN6O2S. The zero-order valence-corrected chi connectivity index (χ0v) is 20.4. The number of aryl methyl sites for hydroxylation is 2. The molecule has 0 bridgehead atoms. The van der Waals surface area contributed by atoms with Crippen molar-refractivity contribution in [1.82, 2.24) is 24.6 Å². The quantitative estimate of drug-likeness (QED) is 0.559. The lowest BCUT2D eigenvalue weighted by Gasteiger charge is -2.42. The molecule has 2 aromatic heterocycles. The molecule has 1 aliphatic heterocycles. The monoisotopic (exact) mass is 476 g/mol. The van der Waals surface area contributed by atoms with Crippen molar-refractivity contribution in [2.45, 2.75) is 31.3 Å². The van der Waals surface area contributed by atoms with Crippen molar-refractivity contribution in [3.05, 3.63) is 65.4 Å². The lowest BCUT2D eigenvalue weighted by molar-refractivity contribution is 0.167. The minimum atomic E-state index is -3.24. The van der Waals surface area contributed by atoms with E-state index in [0.717, 1.165) is 48.8 Å². The first kappa shape index (κ1) is 24.2. The molecule has 10 heteroatoms. The van der Waals surface area contributed by atoms with Crippen LogP contribution in [-0.4, -0.2) is 59.0 Å². The molecule has 1 atom stereocenters. The molecule has 4 rings (SSSR count). The molecule has 0 N–H and O–H groups in total. The largest absolute Gasteiger partial charge is 0.352 e. The maximum atomic E-state index is 12.0. The van der Waals surface area contributed by atoms with Crippen LogP contribution in [0, 0.1) is 13.8 Å². The highest BCUT2D eigenvalue weighted by atomic mass is 35.5. The summed E-state index contributed by atoms with van der Waals surface area (Å²) in [6, 6.07) is 5.54. The SMILES string of the molecule is Cc1cc(S(C)(=O)=O)ccc1C1CN(c2cnccn2)CCN1Cc1cnn(C)c1C.Cl. The zero-order chi connectivity index (χ0) is 22.2. The fourth-order valence-electron chi connectivity index (χ4n) is 4.14. The van der Waals surface area contributed by atoms with Gasteiger partial charge in [-0.25, -0.2) is 13.4 Å². The summed E-state index contributed by atoms with van der Waals surface area (Å²) in [5.41, 5.74) is 4.45. The van der Waals surface area contributed by atoms with E-state index in [0.29, 0.717) is 4.90 Å². The number of anilines is 1. The maximum Gasteiger partial charge on any atom is 0.175 e. The summed E-state index contributed by atoms with van der Waals surface area (Å²) in [5, 5.41) is 4.39. The molecular weight excluding hydrogens is 448 g/mol. The van der Waals surface area contributed by atoms with Gasteiger partial charge in [-0.2, -0.15) is 5.10 Å². The molecule has 0 spiro atoms. The second kappa shape index (κ2) is 9.56. The van der Waals surface area contributed by atoms with E-state index in [1.54, 1.807) is 30.7 Å². The Hall–Kier alpha value is -2.49. The minimum absolute atomic E-state index is 0. The van der Waals surface area contributed by atoms with E-state index in [2.05, 4.69) is 31.8 Å². The number of aromatic nitrogens is 4. The molecule has 1 fully saturated rings. The highest BCUT2D eigenvalue weighted by molar-refractivity contribution is 7.90. The summed E-state index contributed by atoms with van der Waals surface area (Å²) in [4.78, 5) is 13.7. The number of rotatable bonds is 5. The number of piperazine rings is 1. The van der Waals surface area contributed by atoms with Gasteiger partial charge in [0.2, 0.25) is 0 Å². The van der Waals surface area contributed by atoms with E-state index in [1.807, 2.05) is 30.9 Å². The van der Waals surface area contributed by atoms with Crippen LogP contribution in [-0.2, 0) is 23.4 Å². The van der Waals surface area contributed by atoms with E-state index in [4.69, 9.17) is 0 Å². The standard InChI is InChI=1S/C22H28N6O2S.ClH/c1-16-11-19(31(4,29)30)5-6-20(16)21-15-28(22-13-23-7-8-24-22)10-9-27(21)14-18-12-25-26(3)17(18)2;/h5-8,11-13,21H,9-10,14-15H2,1-4H3;1H. The number of nitrogens with zero attached hydrogens (tertiary/aromatic N) is 6. The third-order valence-corrected chi connectivity index (χ3v) is 7.21. The van der Waals surface area contributed by atoms with Gasteiger partial charge in [-0.15, -0.1) is 12.4 Å². The van der Waals surface area contributed by atoms with Crippen LogP contribution in [0.25, 0.3) is 0 Å². The van der Waals surface area contributed by atoms with Gasteiger partial charge >= 0.3 is 0 Å². The van der Waals surface area contributed by atoms with Crippen molar-refractivity contribution in [3.8, 4) is 0 Å². The lowest BCUT2D eigenvalue weighted by Crippen LogP contribution is -2.48. The summed E-state index contributed by atoms with van der Waals surface area (Å²) >= 11 is 0. The highest BCUT2D eigenvalue weighted by Crippen LogP contribution is 2.32. The maximum absolute atomic E-state index is 12.0. The van der Waals surface area contributed by atoms with E-state index in [-0.39, 0.29) is 18.4 Å². The molecule has 0 saturated carbocycles. The first-order chi connectivity index (χ1) is 14.7. The van der Waals surface area contributed by atoms with Gasteiger partial charge in [0, 0.05) is 63.1 Å². The normalized spacial score (nSPS) is 17.2. The van der Waals surface area contributed by atoms with Crippen molar-refractivity contribution in [3.63, 3.8) is 0 Å². The van der Waals surface area contributed by atoms with Gasteiger partial charge in [0.25, 0.3) is 0 Å². The van der Waals surface area contributed by atoms with Gasteiger partial charge < -0.3 is 4.90 Å². The molecule has 1 saturated heterocycles. The Kier molecular flexibility index (Phi) is 7.22. The predicted molar refractivity (Wildman–Crippen MR) is 127 cm³/mol. The molecule has 172 valence electrons. The Labute approximate surface area is 195 Å². The van der Waals surface area contributed by atoms with Crippen molar-refractivity contribution >= 4 is 28.1 Å². The highest BCUT2D eigenvalue weighted by Gasteiger charge is 2.31. The average Bonchev–Trinajstić information content (AvgIpc) is 3.06. The molecule has 8 nitrogen and oxygen atoms in total. The van der Waals surface area contributed by atoms with Crippen LogP contribution in [0.1, 0.15) is 28.4 Å². The number of hydrogen-bond acceptors (Lipinski definition) is 7. The summed E-state index contributed by atoms with van der Waals surface area (Å²) in [6.45, 7) is 7.29. The molecule has 0 amide bonds. The predicted octanol–water partition coefficient (Wildman–Crippen LogP) is 2.72. The topological polar surface area (TPSA) is 84.2 Å². The van der Waals surface area contributed by atoms with E-state index < -0.39 is 9.84 Å². The van der Waals surface area contributed by atoms with Crippen molar-refractivity contribution in [2.75, 3.05) is 30.8 Å². The molecule has 1 aliphatic rings. The van der Waals surface area contributed by atoms with Gasteiger partial charge in [0.05, 0.1) is 23.3 Å². The summed E-state index contributed by atoms with van der Waals surface area (Å²) in [6.07, 6.45) is 8.35. The Bertz CT molecular complexity index is 1180. The first-order valence-corrected chi connectivity index (χ1v) is 12.2. The third kappa shape index (κ3) is 4.95. The van der Waals surface area contributed by atoms with Crippen molar-refractivity contribution < 1.29 is 8.42 Å². The first-order valence-electron chi connectivity index (χ1n) is 10.3. The fraction of sp³-hybridized carbons (Fsp3) is 0.409.